The van der Waals surface area contributed by atoms with Crippen molar-refractivity contribution in [2.24, 2.45) is 11.3 Å². The summed E-state index contributed by atoms with van der Waals surface area (Å²) in [7, 11) is 0. The molecule has 0 saturated heterocycles. The van der Waals surface area contributed by atoms with Crippen LogP contribution in [-0.4, -0.2) is 15.3 Å². The number of nitrogens with one attached hydrogen (secondary N) is 1. The van der Waals surface area contributed by atoms with Gasteiger partial charge in [0.1, 0.15) is 5.82 Å². The summed E-state index contributed by atoms with van der Waals surface area (Å²) in [5, 5.41) is 13.7. The average Bonchev–Trinajstić information content (AvgIpc) is 3.12. The van der Waals surface area contributed by atoms with Gasteiger partial charge in [-0.05, 0) is 66.5 Å². The molecule has 1 fully saturated rings. The van der Waals surface area contributed by atoms with Gasteiger partial charge in [0.25, 0.3) is 0 Å². The fourth-order valence-electron chi connectivity index (χ4n) is 3.14. The maximum Gasteiger partial charge on any atom is 0.230 e. The summed E-state index contributed by atoms with van der Waals surface area (Å²) in [4.78, 5) is 17.7. The minimum atomic E-state index is -0.553. The van der Waals surface area contributed by atoms with Gasteiger partial charge in [-0.3, -0.25) is 4.79 Å². The highest BCUT2D eigenvalue weighted by atomic mass is 32.1. The molecule has 0 aliphatic heterocycles. The molecule has 2 heterocycles. The molecule has 1 aliphatic rings. The van der Waals surface area contributed by atoms with E-state index in [1.165, 1.54) is 11.5 Å². The lowest BCUT2D eigenvalue weighted by Gasteiger charge is -2.09. The van der Waals surface area contributed by atoms with Crippen LogP contribution in [0.4, 0.5) is 11.5 Å². The SMILES string of the molecule is Cc1cnsc1-c1cc(N)c2cnc(NC(=O)[C@H]3CC3(C)C#N)cc2c1. The van der Waals surface area contributed by atoms with Gasteiger partial charge in [-0.2, -0.15) is 5.26 Å². The Morgan fingerprint density at radius 2 is 2.23 bits per heavy atom. The Morgan fingerprint density at radius 3 is 2.88 bits per heavy atom. The van der Waals surface area contributed by atoms with E-state index in [1.807, 2.05) is 31.3 Å². The Bertz CT molecular complexity index is 1080. The molecular weight excluding hydrogens is 346 g/mol. The molecule has 3 N–H and O–H groups in total. The van der Waals surface area contributed by atoms with Crippen molar-refractivity contribution in [1.29, 1.82) is 5.26 Å². The first-order valence-corrected chi connectivity index (χ1v) is 9.02. The number of nitrogens with two attached hydrogens (primary N) is 1. The molecule has 0 spiro atoms. The first kappa shape index (κ1) is 16.5. The van der Waals surface area contributed by atoms with Gasteiger partial charge in [-0.25, -0.2) is 9.36 Å². The zero-order valence-electron chi connectivity index (χ0n) is 14.4. The number of amides is 1. The number of carbonyl (C=O) groups excluding carboxylic acids is 1. The van der Waals surface area contributed by atoms with Crippen LogP contribution in [0.1, 0.15) is 18.9 Å². The molecule has 6 nitrogen and oxygen atoms in total. The van der Waals surface area contributed by atoms with Gasteiger partial charge in [0.05, 0.1) is 22.3 Å². The third-order valence-corrected chi connectivity index (χ3v) is 5.89. The number of carbonyl (C=O) groups is 1. The number of rotatable bonds is 3. The second-order valence-corrected chi connectivity index (χ2v) is 7.77. The number of aryl methyl sites for hydroxylation is 1. The van der Waals surface area contributed by atoms with Crippen LogP contribution in [0, 0.1) is 29.6 Å². The number of hydrogen-bond donors (Lipinski definition) is 2. The van der Waals surface area contributed by atoms with Crippen LogP contribution in [0.25, 0.3) is 21.2 Å². The summed E-state index contributed by atoms with van der Waals surface area (Å²) in [6.07, 6.45) is 4.09. The van der Waals surface area contributed by atoms with E-state index in [9.17, 15) is 4.79 Å². The van der Waals surface area contributed by atoms with Gasteiger partial charge >= 0.3 is 0 Å². The maximum atomic E-state index is 12.3. The Labute approximate surface area is 154 Å². The summed E-state index contributed by atoms with van der Waals surface area (Å²) in [5.74, 6) is 0.0248. The fourth-order valence-corrected chi connectivity index (χ4v) is 3.87. The van der Waals surface area contributed by atoms with Crippen LogP contribution in [0.3, 0.4) is 0 Å². The molecule has 2 atom stereocenters. The van der Waals surface area contributed by atoms with E-state index in [1.54, 1.807) is 13.1 Å². The lowest BCUT2D eigenvalue weighted by atomic mass is 10.0. The predicted molar refractivity (Wildman–Crippen MR) is 102 cm³/mol. The van der Waals surface area contributed by atoms with Gasteiger partial charge in [-0.1, -0.05) is 0 Å². The molecule has 1 saturated carbocycles. The lowest BCUT2D eigenvalue weighted by Crippen LogP contribution is -2.17. The molecule has 0 radical (unpaired) electrons. The predicted octanol–water partition coefficient (Wildman–Crippen LogP) is 3.74. The summed E-state index contributed by atoms with van der Waals surface area (Å²) < 4.78 is 4.22. The van der Waals surface area contributed by atoms with E-state index in [-0.39, 0.29) is 11.8 Å². The number of hydrogen-bond acceptors (Lipinski definition) is 6. The van der Waals surface area contributed by atoms with E-state index in [0.29, 0.717) is 17.9 Å². The van der Waals surface area contributed by atoms with Crippen molar-refractivity contribution < 1.29 is 4.79 Å². The summed E-state index contributed by atoms with van der Waals surface area (Å²) in [6.45, 7) is 3.81. The summed E-state index contributed by atoms with van der Waals surface area (Å²) in [5.41, 5.74) is 8.37. The number of pyridine rings is 1. The minimum Gasteiger partial charge on any atom is -0.398 e. The normalized spacial score (nSPS) is 21.3. The molecule has 2 aromatic heterocycles. The van der Waals surface area contributed by atoms with Gasteiger partial charge in [0, 0.05) is 23.5 Å². The van der Waals surface area contributed by atoms with E-state index >= 15 is 0 Å². The summed E-state index contributed by atoms with van der Waals surface area (Å²) >= 11 is 1.43. The van der Waals surface area contributed by atoms with Gasteiger partial charge in [0.2, 0.25) is 5.91 Å². The van der Waals surface area contributed by atoms with Crippen molar-refractivity contribution >= 4 is 39.7 Å². The van der Waals surface area contributed by atoms with Crippen LogP contribution in [0.2, 0.25) is 0 Å². The topological polar surface area (TPSA) is 105 Å². The van der Waals surface area contributed by atoms with Gasteiger partial charge in [-0.15, -0.1) is 0 Å². The number of nitriles is 1. The highest BCUT2D eigenvalue weighted by molar-refractivity contribution is 7.09. The van der Waals surface area contributed by atoms with E-state index < -0.39 is 5.41 Å². The average molecular weight is 363 g/mol. The van der Waals surface area contributed by atoms with Crippen molar-refractivity contribution in [2.45, 2.75) is 20.3 Å². The molecule has 1 amide bonds. The minimum absolute atomic E-state index is 0.164. The standard InChI is InChI=1S/C19H17N5OS/c1-10-7-23-26-17(10)12-3-11-5-16(22-8-13(11)15(21)4-12)24-18(25)14-6-19(14,2)9-20/h3-5,7-8,14H,6,21H2,1-2H3,(H,22,24,25)/t14-,19?/m1/s1. The molecule has 1 aliphatic carbocycles. The van der Waals surface area contributed by atoms with Crippen molar-refractivity contribution in [1.82, 2.24) is 9.36 Å². The Hall–Kier alpha value is -2.98. The number of benzene rings is 1. The Morgan fingerprint density at radius 1 is 1.42 bits per heavy atom. The van der Waals surface area contributed by atoms with Crippen molar-refractivity contribution in [3.63, 3.8) is 0 Å². The number of fused-ring (bicyclic) bond motifs is 1. The number of aromatic nitrogens is 2. The monoisotopic (exact) mass is 363 g/mol. The molecule has 26 heavy (non-hydrogen) atoms. The quantitative estimate of drug-likeness (QED) is 0.690. The molecule has 1 unspecified atom stereocenters. The van der Waals surface area contributed by atoms with Crippen LogP contribution in [0.5, 0.6) is 0 Å². The van der Waals surface area contributed by atoms with Crippen LogP contribution in [-0.2, 0) is 4.79 Å². The number of nitrogen functional groups attached to an aromatic ring is 1. The molecule has 130 valence electrons. The third-order valence-electron chi connectivity index (χ3n) is 4.94. The zero-order valence-corrected chi connectivity index (χ0v) is 15.2. The Kier molecular flexibility index (Phi) is 3.67. The molecule has 0 bridgehead atoms. The van der Waals surface area contributed by atoms with Gasteiger partial charge < -0.3 is 11.1 Å². The van der Waals surface area contributed by atoms with E-state index in [4.69, 9.17) is 11.0 Å². The first-order valence-electron chi connectivity index (χ1n) is 8.24. The van der Waals surface area contributed by atoms with Crippen molar-refractivity contribution in [3.05, 3.63) is 36.2 Å². The third kappa shape index (κ3) is 2.68. The molecule has 7 heteroatoms. The lowest BCUT2D eigenvalue weighted by molar-refractivity contribution is -0.117. The van der Waals surface area contributed by atoms with Crippen molar-refractivity contribution in [3.8, 4) is 16.5 Å². The van der Waals surface area contributed by atoms with Crippen LogP contribution < -0.4 is 11.1 Å². The maximum absolute atomic E-state index is 12.3. The highest BCUT2D eigenvalue weighted by Gasteiger charge is 2.55. The molecular formula is C19H17N5OS. The molecule has 3 aromatic rings. The smallest absolute Gasteiger partial charge is 0.230 e. The second kappa shape index (κ2) is 5.78. The molecule has 1 aromatic carbocycles. The molecule has 4 rings (SSSR count). The highest BCUT2D eigenvalue weighted by Crippen LogP contribution is 2.52. The number of nitrogens with zero attached hydrogens (tertiary/aromatic N) is 3. The first-order chi connectivity index (χ1) is 12.4. The number of anilines is 2. The summed E-state index contributed by atoms with van der Waals surface area (Å²) in [6, 6.07) is 7.96. The van der Waals surface area contributed by atoms with E-state index in [2.05, 4.69) is 20.7 Å². The Balaban J connectivity index is 1.67. The van der Waals surface area contributed by atoms with Gasteiger partial charge in [0.15, 0.2) is 0 Å². The largest absolute Gasteiger partial charge is 0.398 e. The second-order valence-electron chi connectivity index (χ2n) is 6.97. The van der Waals surface area contributed by atoms with Crippen molar-refractivity contribution in [2.75, 3.05) is 11.1 Å². The van der Waals surface area contributed by atoms with Crippen LogP contribution >= 0.6 is 11.5 Å². The van der Waals surface area contributed by atoms with E-state index in [0.717, 1.165) is 26.8 Å². The van der Waals surface area contributed by atoms with Crippen LogP contribution in [0.15, 0.2) is 30.6 Å². The fraction of sp³-hybridized carbons (Fsp3) is 0.263. The zero-order chi connectivity index (χ0) is 18.5.